The van der Waals surface area contributed by atoms with Crippen LogP contribution in [0, 0.1) is 0 Å². The number of aliphatic carboxylic acids is 1. The number of nitrogen functional groups attached to an aromatic ring is 1. The van der Waals surface area contributed by atoms with Crippen LogP contribution in [-0.2, 0) is 11.2 Å². The molecule has 0 aliphatic rings. The van der Waals surface area contributed by atoms with E-state index in [0.29, 0.717) is 0 Å². The summed E-state index contributed by atoms with van der Waals surface area (Å²) in [4.78, 5) is 14.0. The molecule has 0 bridgehead atoms. The van der Waals surface area contributed by atoms with Crippen molar-refractivity contribution in [3.63, 3.8) is 0 Å². The Hall–Kier alpha value is -1.92. The maximum absolute atomic E-state index is 12.4. The Morgan fingerprint density at radius 2 is 2.31 bits per heavy atom. The molecule has 0 unspecified atom stereocenters. The number of pyridine rings is 1. The maximum Gasteiger partial charge on any atom is 0.307 e. The molecule has 1 aromatic rings. The summed E-state index contributed by atoms with van der Waals surface area (Å²) in [6.45, 7) is 0. The van der Waals surface area contributed by atoms with Crippen LogP contribution < -0.4 is 10.5 Å². The van der Waals surface area contributed by atoms with Crippen molar-refractivity contribution in [3.8, 4) is 5.88 Å². The van der Waals surface area contributed by atoms with Crippen LogP contribution >= 0.6 is 0 Å². The van der Waals surface area contributed by atoms with Gasteiger partial charge in [-0.05, 0) is 11.6 Å². The lowest BCUT2D eigenvalue weighted by Gasteiger charge is -2.10. The summed E-state index contributed by atoms with van der Waals surface area (Å²) in [5.74, 6) is -1.35. The predicted octanol–water partition coefficient (Wildman–Crippen LogP) is 1.24. The normalized spacial score (nSPS) is 10.5. The highest BCUT2D eigenvalue weighted by Crippen LogP contribution is 2.28. The molecule has 0 spiro atoms. The summed E-state index contributed by atoms with van der Waals surface area (Å²) in [6.07, 6.45) is -3.26. The van der Waals surface area contributed by atoms with Gasteiger partial charge in [0.25, 0.3) is 6.43 Å². The van der Waals surface area contributed by atoms with E-state index in [2.05, 4.69) is 4.98 Å². The third-order valence-corrected chi connectivity index (χ3v) is 1.89. The Balaban J connectivity index is 3.24. The van der Waals surface area contributed by atoms with E-state index >= 15 is 0 Å². The summed E-state index contributed by atoms with van der Waals surface area (Å²) >= 11 is 0. The average molecular weight is 232 g/mol. The van der Waals surface area contributed by atoms with E-state index in [1.165, 1.54) is 7.11 Å². The molecule has 7 heteroatoms. The Morgan fingerprint density at radius 3 is 2.75 bits per heavy atom. The minimum Gasteiger partial charge on any atom is -0.481 e. The fourth-order valence-corrected chi connectivity index (χ4v) is 1.18. The third kappa shape index (κ3) is 2.56. The van der Waals surface area contributed by atoms with Crippen LogP contribution in [0.5, 0.6) is 5.88 Å². The molecule has 88 valence electrons. The summed E-state index contributed by atoms with van der Waals surface area (Å²) in [7, 11) is 1.22. The molecule has 1 aromatic heterocycles. The van der Waals surface area contributed by atoms with Gasteiger partial charge < -0.3 is 15.6 Å². The lowest BCUT2D eigenvalue weighted by atomic mass is 10.1. The molecule has 1 rings (SSSR count). The Morgan fingerprint density at radius 1 is 1.69 bits per heavy atom. The molecule has 0 aromatic carbocycles. The maximum atomic E-state index is 12.4. The Kier molecular flexibility index (Phi) is 3.60. The number of hydrogen-bond donors (Lipinski definition) is 2. The van der Waals surface area contributed by atoms with Crippen LogP contribution in [0.3, 0.4) is 0 Å². The number of nitrogens with zero attached hydrogens (tertiary/aromatic N) is 1. The quantitative estimate of drug-likeness (QED) is 0.815. The number of nitrogens with two attached hydrogens (primary N) is 1. The van der Waals surface area contributed by atoms with E-state index in [0.717, 1.165) is 6.07 Å². The van der Waals surface area contributed by atoms with Crippen molar-refractivity contribution < 1.29 is 23.4 Å². The van der Waals surface area contributed by atoms with Crippen molar-refractivity contribution in [1.82, 2.24) is 4.98 Å². The number of alkyl halides is 2. The van der Waals surface area contributed by atoms with E-state index in [-0.39, 0.29) is 17.1 Å². The van der Waals surface area contributed by atoms with Gasteiger partial charge in [0.1, 0.15) is 5.69 Å². The average Bonchev–Trinajstić information content (AvgIpc) is 2.20. The van der Waals surface area contributed by atoms with Crippen molar-refractivity contribution in [2.45, 2.75) is 12.8 Å². The lowest BCUT2D eigenvalue weighted by molar-refractivity contribution is -0.136. The molecule has 0 fully saturated rings. The van der Waals surface area contributed by atoms with E-state index in [1.807, 2.05) is 0 Å². The van der Waals surface area contributed by atoms with Gasteiger partial charge in [-0.3, -0.25) is 4.79 Å². The molecule has 1 heterocycles. The minimum atomic E-state index is -2.80. The summed E-state index contributed by atoms with van der Waals surface area (Å²) in [5.41, 5.74) is 4.99. The number of carboxylic acid groups (broad SMARTS) is 1. The molecule has 3 N–H and O–H groups in total. The number of aromatic nitrogens is 1. The molecule has 0 saturated heterocycles. The second-order valence-electron chi connectivity index (χ2n) is 3.00. The predicted molar refractivity (Wildman–Crippen MR) is 51.5 cm³/mol. The molecule has 16 heavy (non-hydrogen) atoms. The van der Waals surface area contributed by atoms with Gasteiger partial charge in [0.05, 0.1) is 19.2 Å². The van der Waals surface area contributed by atoms with Gasteiger partial charge in [-0.25, -0.2) is 13.8 Å². The monoisotopic (exact) mass is 232 g/mol. The summed E-state index contributed by atoms with van der Waals surface area (Å²) in [6, 6.07) is 0.969. The first-order valence-corrected chi connectivity index (χ1v) is 4.29. The first-order chi connectivity index (χ1) is 7.45. The van der Waals surface area contributed by atoms with Crippen LogP contribution in [0.1, 0.15) is 17.7 Å². The van der Waals surface area contributed by atoms with E-state index in [1.54, 1.807) is 0 Å². The van der Waals surface area contributed by atoms with Crippen LogP contribution in [0.25, 0.3) is 0 Å². The molecule has 0 saturated carbocycles. The summed E-state index contributed by atoms with van der Waals surface area (Å²) < 4.78 is 29.5. The molecule has 0 aliphatic heterocycles. The van der Waals surface area contributed by atoms with Gasteiger partial charge in [0.15, 0.2) is 0 Å². The lowest BCUT2D eigenvalue weighted by Crippen LogP contribution is -2.08. The number of halogens is 2. The van der Waals surface area contributed by atoms with E-state index in [4.69, 9.17) is 15.6 Å². The van der Waals surface area contributed by atoms with Crippen molar-refractivity contribution in [2.24, 2.45) is 0 Å². The smallest absolute Gasteiger partial charge is 0.307 e. The highest BCUT2D eigenvalue weighted by atomic mass is 19.3. The van der Waals surface area contributed by atoms with Gasteiger partial charge in [0.2, 0.25) is 5.88 Å². The van der Waals surface area contributed by atoms with Crippen molar-refractivity contribution in [2.75, 3.05) is 12.8 Å². The number of carboxylic acids is 1. The van der Waals surface area contributed by atoms with Crippen LogP contribution in [0.2, 0.25) is 0 Å². The third-order valence-electron chi connectivity index (χ3n) is 1.89. The molecule has 0 atom stereocenters. The number of carbonyl (C=O) groups is 1. The van der Waals surface area contributed by atoms with E-state index in [9.17, 15) is 13.6 Å². The molecular formula is C9H10F2N2O3. The number of rotatable bonds is 4. The van der Waals surface area contributed by atoms with Crippen LogP contribution in [-0.4, -0.2) is 23.2 Å². The second kappa shape index (κ2) is 4.73. The number of methoxy groups -OCH3 is 1. The zero-order valence-corrected chi connectivity index (χ0v) is 8.41. The largest absolute Gasteiger partial charge is 0.481 e. The second-order valence-corrected chi connectivity index (χ2v) is 3.00. The topological polar surface area (TPSA) is 85.4 Å². The molecule has 5 nitrogen and oxygen atoms in total. The number of anilines is 1. The van der Waals surface area contributed by atoms with Gasteiger partial charge in [0, 0.05) is 0 Å². The molecule has 0 radical (unpaired) electrons. The molecule has 0 aliphatic carbocycles. The highest BCUT2D eigenvalue weighted by molar-refractivity contribution is 5.74. The SMILES string of the molecule is COc1nc(C(F)F)cc(CC(=O)O)c1N. The molecule has 0 amide bonds. The van der Waals surface area contributed by atoms with E-state index < -0.39 is 24.5 Å². The minimum absolute atomic E-state index is 0.0331. The van der Waals surface area contributed by atoms with Crippen molar-refractivity contribution >= 4 is 11.7 Å². The molecular weight excluding hydrogens is 222 g/mol. The van der Waals surface area contributed by atoms with Gasteiger partial charge in [-0.15, -0.1) is 0 Å². The van der Waals surface area contributed by atoms with Crippen LogP contribution in [0.4, 0.5) is 14.5 Å². The first-order valence-electron chi connectivity index (χ1n) is 4.29. The fraction of sp³-hybridized carbons (Fsp3) is 0.333. The zero-order chi connectivity index (χ0) is 12.3. The Bertz CT molecular complexity index is 410. The standard InChI is InChI=1S/C9H10F2N2O3/c1-16-9-7(12)4(3-6(14)15)2-5(13-9)8(10)11/h2,8H,3,12H2,1H3,(H,14,15). The van der Waals surface area contributed by atoms with Crippen molar-refractivity contribution in [3.05, 3.63) is 17.3 Å². The fourth-order valence-electron chi connectivity index (χ4n) is 1.18. The van der Waals surface area contributed by atoms with Gasteiger partial charge in [-0.1, -0.05) is 0 Å². The Labute approximate surface area is 89.9 Å². The van der Waals surface area contributed by atoms with Gasteiger partial charge in [-0.2, -0.15) is 0 Å². The zero-order valence-electron chi connectivity index (χ0n) is 8.41. The van der Waals surface area contributed by atoms with Crippen molar-refractivity contribution in [1.29, 1.82) is 0 Å². The number of hydrogen-bond acceptors (Lipinski definition) is 4. The first kappa shape index (κ1) is 12.2. The highest BCUT2D eigenvalue weighted by Gasteiger charge is 2.17. The number of ether oxygens (including phenoxy) is 1. The van der Waals surface area contributed by atoms with Gasteiger partial charge >= 0.3 is 5.97 Å². The summed E-state index contributed by atoms with van der Waals surface area (Å²) in [5, 5.41) is 8.58. The van der Waals surface area contributed by atoms with Crippen LogP contribution in [0.15, 0.2) is 6.07 Å².